The molecule has 0 spiro atoms. The van der Waals surface area contributed by atoms with E-state index in [-0.39, 0.29) is 18.5 Å². The van der Waals surface area contributed by atoms with Crippen LogP contribution in [0, 0.1) is 0 Å². The van der Waals surface area contributed by atoms with Crippen molar-refractivity contribution in [3.8, 4) is 0 Å². The van der Waals surface area contributed by atoms with Gasteiger partial charge >= 0.3 is 6.03 Å². The maximum absolute atomic E-state index is 12.4. The molecular weight excluding hydrogens is 350 g/mol. The van der Waals surface area contributed by atoms with Crippen LogP contribution in [0.3, 0.4) is 0 Å². The van der Waals surface area contributed by atoms with Crippen LogP contribution in [0.1, 0.15) is 11.8 Å². The second-order valence-electron chi connectivity index (χ2n) is 5.36. The summed E-state index contributed by atoms with van der Waals surface area (Å²) in [7, 11) is 3.37. The van der Waals surface area contributed by atoms with E-state index in [0.717, 1.165) is 4.88 Å². The zero-order valence-corrected chi connectivity index (χ0v) is 15.4. The summed E-state index contributed by atoms with van der Waals surface area (Å²) < 4.78 is 2.20. The standard InChI is InChI=1S/C15H20ClN5O2S/c1-4-20(9-12-5-6-13(16)24-12)15(23)18-11-7-17-21(8-11)10-14(22)19(2)3/h5-8H,4,9-10H2,1-3H3,(H,18,23). The van der Waals surface area contributed by atoms with Crippen molar-refractivity contribution >= 4 is 40.6 Å². The molecule has 2 aromatic rings. The summed E-state index contributed by atoms with van der Waals surface area (Å²) in [4.78, 5) is 28.2. The van der Waals surface area contributed by atoms with E-state index in [2.05, 4.69) is 10.4 Å². The Morgan fingerprint density at radius 3 is 2.71 bits per heavy atom. The maximum atomic E-state index is 12.4. The largest absolute Gasteiger partial charge is 0.347 e. The highest BCUT2D eigenvalue weighted by Gasteiger charge is 2.15. The Bertz CT molecular complexity index is 712. The number of amides is 3. The number of likely N-dealkylation sites (N-methyl/N-ethyl adjacent to an activating group) is 1. The fraction of sp³-hybridized carbons (Fsp3) is 0.400. The number of carbonyl (C=O) groups excluding carboxylic acids is 2. The van der Waals surface area contributed by atoms with Crippen molar-refractivity contribution in [3.63, 3.8) is 0 Å². The van der Waals surface area contributed by atoms with E-state index in [4.69, 9.17) is 11.6 Å². The summed E-state index contributed by atoms with van der Waals surface area (Å²) in [6.07, 6.45) is 3.16. The zero-order valence-electron chi connectivity index (χ0n) is 13.8. The molecule has 0 bridgehead atoms. The molecule has 0 atom stereocenters. The van der Waals surface area contributed by atoms with Gasteiger partial charge in [-0.15, -0.1) is 11.3 Å². The molecule has 0 radical (unpaired) electrons. The van der Waals surface area contributed by atoms with Crippen molar-refractivity contribution in [2.45, 2.75) is 20.0 Å². The molecule has 0 aromatic carbocycles. The van der Waals surface area contributed by atoms with Crippen LogP contribution >= 0.6 is 22.9 Å². The lowest BCUT2D eigenvalue weighted by atomic mass is 10.4. The summed E-state index contributed by atoms with van der Waals surface area (Å²) in [5, 5.41) is 6.88. The minimum atomic E-state index is -0.222. The van der Waals surface area contributed by atoms with E-state index >= 15 is 0 Å². The summed E-state index contributed by atoms with van der Waals surface area (Å²) in [5.41, 5.74) is 0.550. The van der Waals surface area contributed by atoms with E-state index in [1.54, 1.807) is 25.2 Å². The predicted octanol–water partition coefficient (Wildman–Crippen LogP) is 2.74. The van der Waals surface area contributed by atoms with Crippen LogP contribution in [-0.2, 0) is 17.9 Å². The van der Waals surface area contributed by atoms with E-state index in [1.807, 2.05) is 19.1 Å². The van der Waals surface area contributed by atoms with Gasteiger partial charge in [-0.1, -0.05) is 11.6 Å². The van der Waals surface area contributed by atoms with E-state index < -0.39 is 0 Å². The van der Waals surface area contributed by atoms with Crippen LogP contribution < -0.4 is 5.32 Å². The number of urea groups is 1. The second-order valence-corrected chi connectivity index (χ2v) is 7.16. The van der Waals surface area contributed by atoms with Gasteiger partial charge in [0.25, 0.3) is 0 Å². The molecule has 0 saturated heterocycles. The number of thiophene rings is 1. The minimum Gasteiger partial charge on any atom is -0.347 e. The Kier molecular flexibility index (Phi) is 6.22. The van der Waals surface area contributed by atoms with Crippen LogP contribution in [-0.4, -0.2) is 52.2 Å². The second kappa shape index (κ2) is 8.16. The molecule has 130 valence electrons. The van der Waals surface area contributed by atoms with Crippen molar-refractivity contribution in [2.75, 3.05) is 26.0 Å². The third-order valence-electron chi connectivity index (χ3n) is 3.33. The molecular formula is C15H20ClN5O2S. The van der Waals surface area contributed by atoms with Crippen molar-refractivity contribution in [3.05, 3.63) is 33.7 Å². The molecule has 2 aromatic heterocycles. The monoisotopic (exact) mass is 369 g/mol. The minimum absolute atomic E-state index is 0.0688. The molecule has 0 aliphatic carbocycles. The summed E-state index contributed by atoms with van der Waals surface area (Å²) in [5.74, 6) is -0.0688. The average Bonchev–Trinajstić information content (AvgIpc) is 3.13. The summed E-state index contributed by atoms with van der Waals surface area (Å²) in [6, 6.07) is 3.51. The molecule has 0 saturated carbocycles. The summed E-state index contributed by atoms with van der Waals surface area (Å²) >= 11 is 7.37. The number of hydrogen-bond donors (Lipinski definition) is 1. The molecule has 2 rings (SSSR count). The fourth-order valence-electron chi connectivity index (χ4n) is 1.95. The molecule has 0 fully saturated rings. The van der Waals surface area contributed by atoms with Crippen molar-refractivity contribution in [1.29, 1.82) is 0 Å². The van der Waals surface area contributed by atoms with Gasteiger partial charge in [-0.2, -0.15) is 5.10 Å². The normalized spacial score (nSPS) is 10.5. The third kappa shape index (κ3) is 4.97. The highest BCUT2D eigenvalue weighted by molar-refractivity contribution is 7.16. The number of carbonyl (C=O) groups is 2. The van der Waals surface area contributed by atoms with Crippen LogP contribution in [0.15, 0.2) is 24.5 Å². The van der Waals surface area contributed by atoms with E-state index in [1.165, 1.54) is 27.1 Å². The predicted molar refractivity (Wildman–Crippen MR) is 95.4 cm³/mol. The Morgan fingerprint density at radius 2 is 2.12 bits per heavy atom. The van der Waals surface area contributed by atoms with Gasteiger partial charge in [0, 0.05) is 31.7 Å². The number of nitrogens with zero attached hydrogens (tertiary/aromatic N) is 4. The van der Waals surface area contributed by atoms with Crippen LogP contribution in [0.4, 0.5) is 10.5 Å². The Balaban J connectivity index is 1.95. The lowest BCUT2D eigenvalue weighted by molar-refractivity contribution is -0.129. The fourth-order valence-corrected chi connectivity index (χ4v) is 3.05. The van der Waals surface area contributed by atoms with Gasteiger partial charge in [-0.25, -0.2) is 4.79 Å². The first-order chi connectivity index (χ1) is 11.4. The molecule has 7 nitrogen and oxygen atoms in total. The number of aromatic nitrogens is 2. The third-order valence-corrected chi connectivity index (χ3v) is 4.54. The maximum Gasteiger partial charge on any atom is 0.322 e. The highest BCUT2D eigenvalue weighted by atomic mass is 35.5. The SMILES string of the molecule is CCN(Cc1ccc(Cl)s1)C(=O)Nc1cnn(CC(=O)N(C)C)c1. The van der Waals surface area contributed by atoms with E-state index in [9.17, 15) is 9.59 Å². The quantitative estimate of drug-likeness (QED) is 0.851. The van der Waals surface area contributed by atoms with E-state index in [0.29, 0.717) is 23.1 Å². The number of hydrogen-bond acceptors (Lipinski definition) is 4. The molecule has 3 amide bonds. The summed E-state index contributed by atoms with van der Waals surface area (Å²) in [6.45, 7) is 3.10. The smallest absolute Gasteiger partial charge is 0.322 e. The zero-order chi connectivity index (χ0) is 17.7. The van der Waals surface area contributed by atoms with Crippen molar-refractivity contribution in [1.82, 2.24) is 19.6 Å². The Labute approximate surface area is 149 Å². The van der Waals surface area contributed by atoms with Crippen molar-refractivity contribution < 1.29 is 9.59 Å². The van der Waals surface area contributed by atoms with Gasteiger partial charge in [0.2, 0.25) is 5.91 Å². The van der Waals surface area contributed by atoms with Crippen LogP contribution in [0.25, 0.3) is 0 Å². The lowest BCUT2D eigenvalue weighted by Crippen LogP contribution is -2.33. The van der Waals surface area contributed by atoms with Gasteiger partial charge in [0.1, 0.15) is 6.54 Å². The number of halogens is 1. The number of anilines is 1. The van der Waals surface area contributed by atoms with Gasteiger partial charge in [0.05, 0.1) is 22.8 Å². The first-order valence-electron chi connectivity index (χ1n) is 7.41. The van der Waals surface area contributed by atoms with Gasteiger partial charge in [-0.05, 0) is 19.1 Å². The lowest BCUT2D eigenvalue weighted by Gasteiger charge is -2.20. The van der Waals surface area contributed by atoms with Crippen LogP contribution in [0.5, 0.6) is 0 Å². The molecule has 0 unspecified atom stereocenters. The van der Waals surface area contributed by atoms with Crippen molar-refractivity contribution in [2.24, 2.45) is 0 Å². The Morgan fingerprint density at radius 1 is 1.38 bits per heavy atom. The first-order valence-corrected chi connectivity index (χ1v) is 8.61. The number of rotatable bonds is 6. The topological polar surface area (TPSA) is 70.5 Å². The van der Waals surface area contributed by atoms with Gasteiger partial charge in [0.15, 0.2) is 0 Å². The molecule has 24 heavy (non-hydrogen) atoms. The molecule has 0 aliphatic rings. The molecule has 1 N–H and O–H groups in total. The Hall–Kier alpha value is -2.06. The highest BCUT2D eigenvalue weighted by Crippen LogP contribution is 2.23. The molecule has 9 heteroatoms. The first kappa shape index (κ1) is 18.3. The molecule has 0 aliphatic heterocycles. The average molecular weight is 370 g/mol. The van der Waals surface area contributed by atoms with Gasteiger partial charge < -0.3 is 15.1 Å². The van der Waals surface area contributed by atoms with Gasteiger partial charge in [-0.3, -0.25) is 9.48 Å². The number of nitrogens with one attached hydrogen (secondary N) is 1. The molecule has 2 heterocycles. The van der Waals surface area contributed by atoms with Crippen LogP contribution in [0.2, 0.25) is 4.34 Å².